The van der Waals surface area contributed by atoms with Gasteiger partial charge in [-0.2, -0.15) is 0 Å². The summed E-state index contributed by atoms with van der Waals surface area (Å²) in [5, 5.41) is 40.8. The highest BCUT2D eigenvalue weighted by molar-refractivity contribution is 5.76. The fraction of sp³-hybridized carbons (Fsp3) is 0.533. The molecule has 1 fully saturated rings. The summed E-state index contributed by atoms with van der Waals surface area (Å²) in [6.07, 6.45) is -5.48. The summed E-state index contributed by atoms with van der Waals surface area (Å²) in [4.78, 5) is 11.9. The molecule has 0 bridgehead atoms. The van der Waals surface area contributed by atoms with Crippen LogP contribution >= 0.6 is 0 Å². The molecule has 1 aliphatic rings. The lowest BCUT2D eigenvalue weighted by Crippen LogP contribution is -2.64. The number of aliphatic hydroxyl groups is 4. The van der Waals surface area contributed by atoms with Gasteiger partial charge in [0.2, 0.25) is 5.91 Å². The highest BCUT2D eigenvalue weighted by Crippen LogP contribution is 2.19. The number of hydrogen-bond donors (Lipinski definition) is 5. The average molecular weight is 327 g/mol. The molecule has 1 aromatic rings. The summed E-state index contributed by atoms with van der Waals surface area (Å²) in [5.74, 6) is 0.157. The van der Waals surface area contributed by atoms with Crippen LogP contribution in [0.5, 0.6) is 5.75 Å². The Labute approximate surface area is 133 Å². The fourth-order valence-corrected chi connectivity index (χ4v) is 2.29. The van der Waals surface area contributed by atoms with Crippen LogP contribution in [-0.4, -0.2) is 70.2 Å². The maximum Gasteiger partial charge on any atom is 0.223 e. The first-order chi connectivity index (χ1) is 11.0. The van der Waals surface area contributed by atoms with Crippen LogP contribution in [0.4, 0.5) is 0 Å². The number of rotatable bonds is 6. The van der Waals surface area contributed by atoms with E-state index in [1.807, 2.05) is 6.07 Å². The number of hydrogen-bond acceptors (Lipinski definition) is 7. The quantitative estimate of drug-likeness (QED) is 0.424. The summed E-state index contributed by atoms with van der Waals surface area (Å²) in [5.41, 5.74) is 0. The van der Waals surface area contributed by atoms with Crippen LogP contribution in [0.1, 0.15) is 6.42 Å². The van der Waals surface area contributed by atoms with E-state index in [1.165, 1.54) is 0 Å². The Bertz CT molecular complexity index is 498. The van der Waals surface area contributed by atoms with Crippen molar-refractivity contribution in [2.45, 2.75) is 37.1 Å². The zero-order chi connectivity index (χ0) is 16.8. The molecule has 3 unspecified atom stereocenters. The van der Waals surface area contributed by atoms with Gasteiger partial charge in [-0.3, -0.25) is 4.79 Å². The third-order valence-corrected chi connectivity index (χ3v) is 3.57. The number of carbonyl (C=O) groups is 1. The van der Waals surface area contributed by atoms with Crippen LogP contribution in [0.25, 0.3) is 0 Å². The van der Waals surface area contributed by atoms with Gasteiger partial charge >= 0.3 is 0 Å². The fourth-order valence-electron chi connectivity index (χ4n) is 2.29. The molecule has 5 atom stereocenters. The Morgan fingerprint density at radius 2 is 1.87 bits per heavy atom. The minimum atomic E-state index is -1.52. The molecule has 1 aromatic carbocycles. The molecule has 1 heterocycles. The van der Waals surface area contributed by atoms with Crippen molar-refractivity contribution in [3.05, 3.63) is 30.3 Å². The first-order valence-corrected chi connectivity index (χ1v) is 7.30. The lowest BCUT2D eigenvalue weighted by atomic mass is 9.97. The second-order valence-corrected chi connectivity index (χ2v) is 5.23. The lowest BCUT2D eigenvalue weighted by Gasteiger charge is -2.40. The Balaban J connectivity index is 1.80. The van der Waals surface area contributed by atoms with E-state index in [0.717, 1.165) is 0 Å². The van der Waals surface area contributed by atoms with Crippen LogP contribution in [0.3, 0.4) is 0 Å². The average Bonchev–Trinajstić information content (AvgIpc) is 2.56. The van der Waals surface area contributed by atoms with Crippen molar-refractivity contribution < 1.29 is 34.7 Å². The maximum atomic E-state index is 11.9. The topological polar surface area (TPSA) is 128 Å². The third-order valence-electron chi connectivity index (χ3n) is 3.57. The van der Waals surface area contributed by atoms with Crippen LogP contribution in [0.2, 0.25) is 0 Å². The van der Waals surface area contributed by atoms with Crippen molar-refractivity contribution >= 4 is 5.91 Å². The van der Waals surface area contributed by atoms with Gasteiger partial charge in [-0.25, -0.2) is 0 Å². The zero-order valence-corrected chi connectivity index (χ0v) is 12.4. The number of carbonyl (C=O) groups excluding carboxylic acids is 1. The Kier molecular flexibility index (Phi) is 6.31. The normalized spacial score (nSPS) is 30.7. The molecular formula is C15H21NO7. The SMILES string of the molecule is O=C(CCOc1ccccc1)NC1C(O)O[C@H](CO)C(O)[C@@H]1O. The van der Waals surface area contributed by atoms with Crippen molar-refractivity contribution in [3.8, 4) is 5.75 Å². The van der Waals surface area contributed by atoms with Gasteiger partial charge in [-0.15, -0.1) is 0 Å². The van der Waals surface area contributed by atoms with Crippen LogP contribution < -0.4 is 10.1 Å². The van der Waals surface area contributed by atoms with Gasteiger partial charge in [0.05, 0.1) is 19.6 Å². The van der Waals surface area contributed by atoms with Gasteiger partial charge in [0, 0.05) is 0 Å². The van der Waals surface area contributed by atoms with Crippen molar-refractivity contribution in [2.24, 2.45) is 0 Å². The van der Waals surface area contributed by atoms with Gasteiger partial charge in [0.1, 0.15) is 30.1 Å². The molecule has 0 radical (unpaired) electrons. The van der Waals surface area contributed by atoms with E-state index >= 15 is 0 Å². The second-order valence-electron chi connectivity index (χ2n) is 5.23. The molecule has 1 aliphatic heterocycles. The highest BCUT2D eigenvalue weighted by Gasteiger charge is 2.44. The molecule has 5 N–H and O–H groups in total. The number of para-hydroxylation sites is 1. The summed E-state index contributed by atoms with van der Waals surface area (Å²) in [6.45, 7) is -0.432. The van der Waals surface area contributed by atoms with Gasteiger partial charge in [-0.1, -0.05) is 18.2 Å². The van der Waals surface area contributed by atoms with Crippen molar-refractivity contribution in [1.82, 2.24) is 5.32 Å². The molecule has 8 nitrogen and oxygen atoms in total. The van der Waals surface area contributed by atoms with Crippen LogP contribution in [-0.2, 0) is 9.53 Å². The Morgan fingerprint density at radius 3 is 2.52 bits per heavy atom. The molecule has 0 saturated carbocycles. The summed E-state index contributed by atoms with van der Waals surface area (Å²) >= 11 is 0. The molecule has 8 heteroatoms. The molecule has 1 amide bonds. The molecule has 128 valence electrons. The number of aliphatic hydroxyl groups excluding tert-OH is 4. The Hall–Kier alpha value is -1.71. The number of ether oxygens (including phenoxy) is 2. The maximum absolute atomic E-state index is 11.9. The van der Waals surface area contributed by atoms with Crippen LogP contribution in [0, 0.1) is 0 Å². The number of nitrogens with one attached hydrogen (secondary N) is 1. The summed E-state index contributed by atoms with van der Waals surface area (Å²) < 4.78 is 10.3. The van der Waals surface area contributed by atoms with E-state index in [2.05, 4.69) is 5.32 Å². The molecule has 0 aromatic heterocycles. The number of benzene rings is 1. The standard InChI is InChI=1S/C15H21NO7/c17-8-10-13(19)14(20)12(15(21)23-10)16-11(18)6-7-22-9-4-2-1-3-5-9/h1-5,10,12-15,17,19-21H,6-8H2,(H,16,18)/t10-,12?,13?,14-,15?/m1/s1. The predicted octanol–water partition coefficient (Wildman–Crippen LogP) is -1.63. The Morgan fingerprint density at radius 1 is 1.17 bits per heavy atom. The van der Waals surface area contributed by atoms with E-state index in [1.54, 1.807) is 24.3 Å². The predicted molar refractivity (Wildman–Crippen MR) is 78.5 cm³/mol. The van der Waals surface area contributed by atoms with E-state index in [-0.39, 0.29) is 13.0 Å². The minimum Gasteiger partial charge on any atom is -0.493 e. The van der Waals surface area contributed by atoms with Gasteiger partial charge < -0.3 is 35.2 Å². The second kappa shape index (κ2) is 8.23. The third kappa shape index (κ3) is 4.63. The first-order valence-electron chi connectivity index (χ1n) is 7.30. The number of amides is 1. The van der Waals surface area contributed by atoms with E-state index in [0.29, 0.717) is 5.75 Å². The molecule has 0 spiro atoms. The van der Waals surface area contributed by atoms with Crippen molar-refractivity contribution in [3.63, 3.8) is 0 Å². The van der Waals surface area contributed by atoms with Gasteiger partial charge in [0.15, 0.2) is 6.29 Å². The lowest BCUT2D eigenvalue weighted by molar-refractivity contribution is -0.253. The molecule has 1 saturated heterocycles. The van der Waals surface area contributed by atoms with Crippen molar-refractivity contribution in [1.29, 1.82) is 0 Å². The molecule has 0 aliphatic carbocycles. The van der Waals surface area contributed by atoms with Crippen LogP contribution in [0.15, 0.2) is 30.3 Å². The zero-order valence-electron chi connectivity index (χ0n) is 12.4. The van der Waals surface area contributed by atoms with E-state index in [4.69, 9.17) is 14.6 Å². The molecular weight excluding hydrogens is 306 g/mol. The van der Waals surface area contributed by atoms with Gasteiger partial charge in [-0.05, 0) is 12.1 Å². The van der Waals surface area contributed by atoms with Gasteiger partial charge in [0.25, 0.3) is 0 Å². The summed E-state index contributed by atoms with van der Waals surface area (Å²) in [6, 6.07) is 7.78. The largest absolute Gasteiger partial charge is 0.493 e. The smallest absolute Gasteiger partial charge is 0.223 e. The van der Waals surface area contributed by atoms with E-state index in [9.17, 15) is 20.1 Å². The molecule has 23 heavy (non-hydrogen) atoms. The first kappa shape index (κ1) is 17.6. The minimum absolute atomic E-state index is 0.00432. The highest BCUT2D eigenvalue weighted by atomic mass is 16.6. The molecule has 2 rings (SSSR count). The summed E-state index contributed by atoms with van der Waals surface area (Å²) in [7, 11) is 0. The van der Waals surface area contributed by atoms with Crippen molar-refractivity contribution in [2.75, 3.05) is 13.2 Å². The monoisotopic (exact) mass is 327 g/mol. The van der Waals surface area contributed by atoms with E-state index < -0.39 is 43.2 Å².